The SMILES string of the molecule is N#CC1(CC(O)CC2CCCC2)CCS(=O)(=O)C1. The third-order valence-electron chi connectivity index (χ3n) is 4.33. The van der Waals surface area contributed by atoms with Crippen LogP contribution in [0, 0.1) is 22.7 Å². The largest absolute Gasteiger partial charge is 0.393 e. The molecule has 0 aromatic heterocycles. The summed E-state index contributed by atoms with van der Waals surface area (Å²) in [6.07, 6.45) is 5.69. The van der Waals surface area contributed by atoms with Gasteiger partial charge >= 0.3 is 0 Å². The number of nitrogens with zero attached hydrogens (tertiary/aromatic N) is 1. The Morgan fingerprint density at radius 3 is 2.56 bits per heavy atom. The fraction of sp³-hybridized carbons (Fsp3) is 0.923. The monoisotopic (exact) mass is 271 g/mol. The van der Waals surface area contributed by atoms with Gasteiger partial charge in [-0.15, -0.1) is 0 Å². The quantitative estimate of drug-likeness (QED) is 0.843. The molecular formula is C13H21NO3S. The minimum Gasteiger partial charge on any atom is -0.393 e. The third kappa shape index (κ3) is 3.24. The van der Waals surface area contributed by atoms with E-state index >= 15 is 0 Å². The summed E-state index contributed by atoms with van der Waals surface area (Å²) < 4.78 is 23.0. The van der Waals surface area contributed by atoms with E-state index in [-0.39, 0.29) is 11.5 Å². The summed E-state index contributed by atoms with van der Waals surface area (Å²) in [7, 11) is -3.07. The van der Waals surface area contributed by atoms with Gasteiger partial charge < -0.3 is 5.11 Å². The fourth-order valence-electron chi connectivity index (χ4n) is 3.38. The second kappa shape index (κ2) is 5.18. The van der Waals surface area contributed by atoms with Crippen LogP contribution in [0.2, 0.25) is 0 Å². The average Bonchev–Trinajstić information content (AvgIpc) is 2.87. The lowest BCUT2D eigenvalue weighted by atomic mass is 9.81. The summed E-state index contributed by atoms with van der Waals surface area (Å²) in [5.74, 6) is 0.586. The molecule has 4 nitrogen and oxygen atoms in total. The number of hydrogen-bond acceptors (Lipinski definition) is 4. The first-order chi connectivity index (χ1) is 8.45. The van der Waals surface area contributed by atoms with Crippen molar-refractivity contribution in [3.8, 4) is 6.07 Å². The minimum absolute atomic E-state index is 0.0712. The van der Waals surface area contributed by atoms with Crippen molar-refractivity contribution >= 4 is 9.84 Å². The molecule has 0 bridgehead atoms. The Kier molecular flexibility index (Phi) is 3.98. The molecule has 0 spiro atoms. The lowest BCUT2D eigenvalue weighted by Gasteiger charge is -2.24. The van der Waals surface area contributed by atoms with Gasteiger partial charge in [-0.2, -0.15) is 5.26 Å². The van der Waals surface area contributed by atoms with Gasteiger partial charge in [-0.1, -0.05) is 25.7 Å². The highest BCUT2D eigenvalue weighted by molar-refractivity contribution is 7.91. The Morgan fingerprint density at radius 1 is 1.39 bits per heavy atom. The normalized spacial score (nSPS) is 33.3. The van der Waals surface area contributed by atoms with Gasteiger partial charge in [0.05, 0.1) is 29.1 Å². The molecule has 0 aromatic carbocycles. The van der Waals surface area contributed by atoms with Crippen molar-refractivity contribution in [3.63, 3.8) is 0 Å². The van der Waals surface area contributed by atoms with Gasteiger partial charge in [0, 0.05) is 0 Å². The molecule has 5 heteroatoms. The molecule has 18 heavy (non-hydrogen) atoms. The molecule has 1 saturated carbocycles. The summed E-state index contributed by atoms with van der Waals surface area (Å²) in [6.45, 7) is 0. The van der Waals surface area contributed by atoms with E-state index in [0.717, 1.165) is 19.3 Å². The Labute approximate surface area is 109 Å². The van der Waals surface area contributed by atoms with Crippen molar-refractivity contribution in [2.45, 2.75) is 51.0 Å². The van der Waals surface area contributed by atoms with Crippen LogP contribution < -0.4 is 0 Å². The second-order valence-electron chi connectivity index (χ2n) is 5.98. The van der Waals surface area contributed by atoms with Crippen molar-refractivity contribution in [1.82, 2.24) is 0 Å². The number of aliphatic hydroxyl groups is 1. The second-order valence-corrected chi connectivity index (χ2v) is 8.16. The van der Waals surface area contributed by atoms with E-state index in [0.29, 0.717) is 18.8 Å². The topological polar surface area (TPSA) is 78.2 Å². The van der Waals surface area contributed by atoms with Crippen molar-refractivity contribution < 1.29 is 13.5 Å². The molecule has 1 saturated heterocycles. The first-order valence-electron chi connectivity index (χ1n) is 6.74. The smallest absolute Gasteiger partial charge is 0.151 e. The average molecular weight is 271 g/mol. The van der Waals surface area contributed by atoms with E-state index in [1.165, 1.54) is 12.8 Å². The molecule has 2 atom stereocenters. The van der Waals surface area contributed by atoms with Crippen LogP contribution >= 0.6 is 0 Å². The summed E-state index contributed by atoms with van der Waals surface area (Å²) >= 11 is 0. The Morgan fingerprint density at radius 2 is 2.06 bits per heavy atom. The summed E-state index contributed by atoms with van der Waals surface area (Å²) in [5.41, 5.74) is -0.836. The molecular weight excluding hydrogens is 250 g/mol. The number of nitriles is 1. The molecule has 2 aliphatic rings. The van der Waals surface area contributed by atoms with Gasteiger partial charge in [-0.25, -0.2) is 8.42 Å². The maximum Gasteiger partial charge on any atom is 0.151 e. The van der Waals surface area contributed by atoms with Crippen LogP contribution in [-0.4, -0.2) is 31.1 Å². The Balaban J connectivity index is 1.92. The maximum atomic E-state index is 11.5. The Bertz CT molecular complexity index is 434. The summed E-state index contributed by atoms with van der Waals surface area (Å²) in [4.78, 5) is 0. The van der Waals surface area contributed by atoms with Crippen molar-refractivity contribution in [2.75, 3.05) is 11.5 Å². The molecule has 1 heterocycles. The van der Waals surface area contributed by atoms with Gasteiger partial charge in [0.15, 0.2) is 9.84 Å². The molecule has 2 fully saturated rings. The molecule has 1 aliphatic carbocycles. The van der Waals surface area contributed by atoms with Crippen molar-refractivity contribution in [1.29, 1.82) is 5.26 Å². The van der Waals surface area contributed by atoms with E-state index in [1.807, 2.05) is 0 Å². The molecule has 1 N–H and O–H groups in total. The highest BCUT2D eigenvalue weighted by atomic mass is 32.2. The highest BCUT2D eigenvalue weighted by Gasteiger charge is 2.44. The lowest BCUT2D eigenvalue weighted by Crippen LogP contribution is -2.27. The predicted octanol–water partition coefficient (Wildman–Crippen LogP) is 1.65. The van der Waals surface area contributed by atoms with E-state index in [1.54, 1.807) is 0 Å². The zero-order valence-corrected chi connectivity index (χ0v) is 11.5. The number of hydrogen-bond donors (Lipinski definition) is 1. The predicted molar refractivity (Wildman–Crippen MR) is 68.5 cm³/mol. The van der Waals surface area contributed by atoms with Crippen molar-refractivity contribution in [3.05, 3.63) is 0 Å². The molecule has 0 amide bonds. The standard InChI is InChI=1S/C13H21NO3S/c14-9-13(5-6-18(16,17)10-13)8-12(15)7-11-3-1-2-4-11/h11-12,15H,1-8,10H2. The summed E-state index contributed by atoms with van der Waals surface area (Å²) in [6, 6.07) is 2.15. The molecule has 1 aliphatic heterocycles. The molecule has 2 rings (SSSR count). The molecule has 0 radical (unpaired) electrons. The molecule has 0 aromatic rings. The first kappa shape index (κ1) is 13.8. The van der Waals surface area contributed by atoms with Crippen LogP contribution in [0.1, 0.15) is 44.9 Å². The van der Waals surface area contributed by atoms with Crippen LogP contribution in [0.25, 0.3) is 0 Å². The Hall–Kier alpha value is -0.600. The van der Waals surface area contributed by atoms with Gasteiger partial charge in [-0.05, 0) is 25.2 Å². The lowest BCUT2D eigenvalue weighted by molar-refractivity contribution is 0.104. The van der Waals surface area contributed by atoms with Gasteiger partial charge in [0.1, 0.15) is 0 Å². The van der Waals surface area contributed by atoms with E-state index in [9.17, 15) is 18.8 Å². The minimum atomic E-state index is -3.07. The number of aliphatic hydroxyl groups excluding tert-OH is 1. The first-order valence-corrected chi connectivity index (χ1v) is 8.57. The van der Waals surface area contributed by atoms with E-state index < -0.39 is 21.4 Å². The van der Waals surface area contributed by atoms with Gasteiger partial charge in [0.2, 0.25) is 0 Å². The maximum absolute atomic E-state index is 11.5. The van der Waals surface area contributed by atoms with Gasteiger partial charge in [-0.3, -0.25) is 0 Å². The molecule has 2 unspecified atom stereocenters. The summed E-state index contributed by atoms with van der Waals surface area (Å²) in [5, 5.41) is 19.3. The highest BCUT2D eigenvalue weighted by Crippen LogP contribution is 2.38. The zero-order chi connectivity index (χ0) is 13.2. The molecule has 102 valence electrons. The fourth-order valence-corrected chi connectivity index (χ4v) is 5.39. The van der Waals surface area contributed by atoms with E-state index in [4.69, 9.17) is 0 Å². The zero-order valence-electron chi connectivity index (χ0n) is 10.6. The van der Waals surface area contributed by atoms with Crippen molar-refractivity contribution in [2.24, 2.45) is 11.3 Å². The van der Waals surface area contributed by atoms with Crippen LogP contribution in [0.15, 0.2) is 0 Å². The van der Waals surface area contributed by atoms with E-state index in [2.05, 4.69) is 6.07 Å². The third-order valence-corrected chi connectivity index (χ3v) is 6.15. The van der Waals surface area contributed by atoms with Crippen LogP contribution in [0.3, 0.4) is 0 Å². The van der Waals surface area contributed by atoms with Crippen LogP contribution in [0.4, 0.5) is 0 Å². The number of sulfone groups is 1. The van der Waals surface area contributed by atoms with Crippen LogP contribution in [0.5, 0.6) is 0 Å². The van der Waals surface area contributed by atoms with Crippen LogP contribution in [-0.2, 0) is 9.84 Å². The number of rotatable bonds is 4. The van der Waals surface area contributed by atoms with Gasteiger partial charge in [0.25, 0.3) is 0 Å².